The van der Waals surface area contributed by atoms with Crippen molar-refractivity contribution in [1.29, 1.82) is 0 Å². The van der Waals surface area contributed by atoms with E-state index in [0.29, 0.717) is 23.7 Å². The Hall–Kier alpha value is -4.49. The molecule has 6 heterocycles. The lowest BCUT2D eigenvalue weighted by molar-refractivity contribution is -0.110. The minimum atomic E-state index is -0.454. The Morgan fingerprint density at radius 1 is 1.00 bits per heavy atom. The highest BCUT2D eigenvalue weighted by atomic mass is 35.5. The number of benzene rings is 1. The van der Waals surface area contributed by atoms with Gasteiger partial charge in [0.05, 0.1) is 6.04 Å². The van der Waals surface area contributed by atoms with Crippen LogP contribution in [0.3, 0.4) is 0 Å². The van der Waals surface area contributed by atoms with Crippen LogP contribution in [0.15, 0.2) is 48.8 Å². The van der Waals surface area contributed by atoms with Crippen LogP contribution in [0.2, 0.25) is 5.15 Å². The lowest BCUT2D eigenvalue weighted by Gasteiger charge is -2.61. The number of aromatic nitrogens is 5. The van der Waals surface area contributed by atoms with Crippen molar-refractivity contribution >= 4 is 40.8 Å². The topological polar surface area (TPSA) is 142 Å². The number of likely N-dealkylation sites (tertiary alicyclic amines) is 2. The second-order valence-electron chi connectivity index (χ2n) is 17.3. The van der Waals surface area contributed by atoms with Gasteiger partial charge in [-0.05, 0) is 95.5 Å². The molecule has 1 saturated carbocycles. The van der Waals surface area contributed by atoms with E-state index < -0.39 is 11.7 Å². The molecule has 56 heavy (non-hydrogen) atoms. The number of anilines is 1. The molecule has 3 aromatic heterocycles. The maximum Gasteiger partial charge on any atom is 0.410 e. The number of fused-ring (bicyclic) bond motifs is 3. The molecule has 2 N–H and O–H groups in total. The average molecular weight is 784 g/mol. The maximum atomic E-state index is 12.4. The Morgan fingerprint density at radius 3 is 2.48 bits per heavy atom. The Labute approximate surface area is 333 Å². The molecule has 1 aliphatic carbocycles. The first-order valence-corrected chi connectivity index (χ1v) is 20.7. The number of nitrogens with one attached hydrogen (secondary N) is 2. The molecule has 8 rings (SSSR count). The number of hydrogen-bond donors (Lipinski definition) is 2. The van der Waals surface area contributed by atoms with Gasteiger partial charge in [0.15, 0.2) is 10.8 Å². The van der Waals surface area contributed by atoms with E-state index in [0.717, 1.165) is 100 Å². The molecular formula is C42H54ClN9O4. The number of carbonyl (C=O) groups is 2. The predicted octanol–water partition coefficient (Wildman–Crippen LogP) is 7.57. The number of ether oxygens (including phenoxy) is 2. The molecule has 3 aliphatic heterocycles. The zero-order valence-electron chi connectivity index (χ0n) is 32.8. The van der Waals surface area contributed by atoms with Crippen molar-refractivity contribution in [2.45, 2.75) is 109 Å². The molecule has 0 radical (unpaired) electrons. The van der Waals surface area contributed by atoms with E-state index >= 15 is 0 Å². The zero-order chi connectivity index (χ0) is 38.9. The van der Waals surface area contributed by atoms with Gasteiger partial charge in [-0.15, -0.1) is 10.2 Å². The van der Waals surface area contributed by atoms with Gasteiger partial charge in [-0.25, -0.2) is 19.6 Å². The highest BCUT2D eigenvalue weighted by molar-refractivity contribution is 6.29. The van der Waals surface area contributed by atoms with Crippen LogP contribution in [-0.4, -0.2) is 98.0 Å². The number of halogens is 1. The third kappa shape index (κ3) is 8.58. The van der Waals surface area contributed by atoms with Gasteiger partial charge in [0, 0.05) is 73.1 Å². The summed E-state index contributed by atoms with van der Waals surface area (Å²) in [5.41, 5.74) is 5.12. The summed E-state index contributed by atoms with van der Waals surface area (Å²) in [6.45, 7) is 11.2. The smallest absolute Gasteiger partial charge is 0.410 e. The third-order valence-electron chi connectivity index (χ3n) is 12.1. The van der Waals surface area contributed by atoms with Crippen LogP contribution in [0.4, 0.5) is 15.5 Å². The number of rotatable bonds is 11. The van der Waals surface area contributed by atoms with Crippen molar-refractivity contribution in [2.75, 3.05) is 44.2 Å². The molecule has 4 aliphatic rings. The number of H-pyrrole nitrogens is 1. The molecule has 1 atom stereocenters. The first-order chi connectivity index (χ1) is 27.0. The van der Waals surface area contributed by atoms with Gasteiger partial charge in [0.2, 0.25) is 5.95 Å². The highest BCUT2D eigenvalue weighted by Gasteiger charge is 2.55. The second kappa shape index (κ2) is 16.2. The summed E-state index contributed by atoms with van der Waals surface area (Å²) in [6, 6.07) is 12.3. The lowest BCUT2D eigenvalue weighted by Crippen LogP contribution is -2.68. The lowest BCUT2D eigenvalue weighted by atomic mass is 9.60. The fourth-order valence-corrected chi connectivity index (χ4v) is 9.41. The van der Waals surface area contributed by atoms with Crippen LogP contribution in [0.25, 0.3) is 11.0 Å². The average Bonchev–Trinajstić information content (AvgIpc) is 3.52. The molecular weight excluding hydrogens is 730 g/mol. The van der Waals surface area contributed by atoms with Gasteiger partial charge < -0.3 is 34.5 Å². The number of piperidine rings is 1. The zero-order valence-corrected chi connectivity index (χ0v) is 33.6. The second-order valence-corrected chi connectivity index (χ2v) is 17.7. The number of unbranched alkanes of at least 4 members (excludes halogenated alkanes) is 2. The third-order valence-corrected chi connectivity index (χ3v) is 12.3. The molecule has 1 aromatic carbocycles. The summed E-state index contributed by atoms with van der Waals surface area (Å²) < 4.78 is 10.9. The maximum absolute atomic E-state index is 12.4. The molecule has 14 heteroatoms. The van der Waals surface area contributed by atoms with Crippen LogP contribution >= 0.6 is 11.6 Å². The molecule has 2 saturated heterocycles. The molecule has 2 amide bonds. The minimum absolute atomic E-state index is 0.0447. The summed E-state index contributed by atoms with van der Waals surface area (Å²) in [5, 5.41) is 12.7. The first-order valence-electron chi connectivity index (χ1n) is 20.3. The molecule has 3 fully saturated rings. The Morgan fingerprint density at radius 2 is 1.75 bits per heavy atom. The van der Waals surface area contributed by atoms with Crippen molar-refractivity contribution in [3.63, 3.8) is 0 Å². The van der Waals surface area contributed by atoms with Gasteiger partial charge >= 0.3 is 12.2 Å². The quantitative estimate of drug-likeness (QED) is 0.146. The number of hydrogen-bond acceptors (Lipinski definition) is 10. The van der Waals surface area contributed by atoms with Crippen molar-refractivity contribution in [3.05, 3.63) is 76.3 Å². The van der Waals surface area contributed by atoms with Crippen LogP contribution < -0.4 is 10.2 Å². The Kier molecular flexibility index (Phi) is 11.1. The highest BCUT2D eigenvalue weighted by Crippen LogP contribution is 2.51. The summed E-state index contributed by atoms with van der Waals surface area (Å²) in [4.78, 5) is 45.0. The van der Waals surface area contributed by atoms with E-state index in [2.05, 4.69) is 30.3 Å². The summed E-state index contributed by atoms with van der Waals surface area (Å²) in [7, 11) is 0. The molecule has 0 unspecified atom stereocenters. The van der Waals surface area contributed by atoms with Crippen molar-refractivity contribution in [1.82, 2.24) is 40.3 Å². The normalized spacial score (nSPS) is 20.0. The van der Waals surface area contributed by atoms with Crippen LogP contribution in [0.1, 0.15) is 106 Å². The van der Waals surface area contributed by atoms with Crippen molar-refractivity contribution in [3.8, 4) is 0 Å². The number of alkyl carbamates (subject to hydrolysis) is 1. The van der Waals surface area contributed by atoms with Gasteiger partial charge in [-0.2, -0.15) is 0 Å². The van der Waals surface area contributed by atoms with E-state index in [1.165, 1.54) is 29.7 Å². The van der Waals surface area contributed by atoms with E-state index in [1.54, 1.807) is 0 Å². The van der Waals surface area contributed by atoms with Crippen LogP contribution in [-0.2, 0) is 22.5 Å². The summed E-state index contributed by atoms with van der Waals surface area (Å²) in [5.74, 6) is 1.19. The standard InChI is InChI=1S/C42H54ClN9O4/c1-41(2,3)56-40(54)51-26-42(27-51)21-31(22-42)50-17-13-29(14-18-50)30-23-45-38(46-24-30)52-19-15-33-36(32-20-35(43)48-49-37(32)47-33)34(52)12-8-5-9-16-44-39(53)55-25-28-10-6-4-7-11-28/h4,6-7,10-11,20,23-24,29,31,34H,5,8-9,12-19,21-22,25-27H2,1-3H3,(H,44,53)(H,47,49)/t34-/m0/s1. The Bertz CT molecular complexity index is 1980. The van der Waals surface area contributed by atoms with Crippen molar-refractivity contribution in [2.24, 2.45) is 5.41 Å². The van der Waals surface area contributed by atoms with Crippen LogP contribution in [0, 0.1) is 5.41 Å². The summed E-state index contributed by atoms with van der Waals surface area (Å²) >= 11 is 6.36. The number of nitrogens with zero attached hydrogens (tertiary/aromatic N) is 7. The molecule has 0 bridgehead atoms. The van der Waals surface area contributed by atoms with Gasteiger partial charge in [0.1, 0.15) is 12.2 Å². The Balaban J connectivity index is 0.839. The van der Waals surface area contributed by atoms with Gasteiger partial charge in [-0.3, -0.25) is 0 Å². The SMILES string of the molecule is CC(C)(C)OC(=O)N1CC2(CC(N3CCC(c4cnc(N5CCc6[nH]c7nnc(Cl)cc7c6[C@@H]5CCCCCNC(=O)OCc5ccccc5)nc4)CC3)C2)C1. The number of carbonyl (C=O) groups excluding carboxylic acids is 2. The summed E-state index contributed by atoms with van der Waals surface area (Å²) in [6.07, 6.45) is 12.5. The van der Waals surface area contributed by atoms with E-state index in [9.17, 15) is 9.59 Å². The van der Waals surface area contributed by atoms with E-state index in [1.807, 2.05) is 74.5 Å². The van der Waals surface area contributed by atoms with Gasteiger partial charge in [-0.1, -0.05) is 54.8 Å². The minimum Gasteiger partial charge on any atom is -0.445 e. The van der Waals surface area contributed by atoms with Crippen molar-refractivity contribution < 1.29 is 19.1 Å². The van der Waals surface area contributed by atoms with Crippen LogP contribution in [0.5, 0.6) is 0 Å². The number of aromatic amines is 1. The molecule has 13 nitrogen and oxygen atoms in total. The molecule has 298 valence electrons. The monoisotopic (exact) mass is 783 g/mol. The predicted molar refractivity (Wildman–Crippen MR) is 215 cm³/mol. The fourth-order valence-electron chi connectivity index (χ4n) is 9.27. The molecule has 4 aromatic rings. The molecule has 1 spiro atoms. The van der Waals surface area contributed by atoms with E-state index in [4.69, 9.17) is 31.0 Å². The first kappa shape index (κ1) is 38.4. The largest absolute Gasteiger partial charge is 0.445 e. The number of amides is 2. The fraction of sp³-hybridized carbons (Fsp3) is 0.571. The van der Waals surface area contributed by atoms with Gasteiger partial charge in [0.25, 0.3) is 0 Å². The van der Waals surface area contributed by atoms with E-state index in [-0.39, 0.29) is 24.2 Å².